The van der Waals surface area contributed by atoms with Crippen LogP contribution in [0.2, 0.25) is 0 Å². The Labute approximate surface area is 464 Å². The Morgan fingerprint density at radius 3 is 1.32 bits per heavy atom. The predicted molar refractivity (Wildman–Crippen MR) is 289 cm³/mol. The highest BCUT2D eigenvalue weighted by Gasteiger charge is 2.37. The van der Waals surface area contributed by atoms with Crippen molar-refractivity contribution >= 4 is 66.4 Å². The summed E-state index contributed by atoms with van der Waals surface area (Å²) < 4.78 is 113. The SMILES string of the molecule is CNC(=O)c1nc(-c2cnn(CCCCO)c2)ccc1Nc1nc(Nc2ccc(CO[PH](=O)OCc3ccc(Nc4ncc(C(F)(F)F)c(Nc5ccc(-c6cnn(CCCCO)c6)nc5C(=O)NC)n4)cc3)cc2)ncc1C(F)(F)F. The topological polar surface area (TPSA) is 295 Å². The molecule has 0 unspecified atom stereocenters. The van der Waals surface area contributed by atoms with E-state index in [1.807, 2.05) is 0 Å². The highest BCUT2D eigenvalue weighted by atomic mass is 31.1. The Morgan fingerprint density at radius 2 is 0.951 bits per heavy atom. The zero-order valence-corrected chi connectivity index (χ0v) is 44.6. The van der Waals surface area contributed by atoms with Gasteiger partial charge in [0, 0.05) is 87.7 Å². The Kier molecular flexibility index (Phi) is 19.5. The van der Waals surface area contributed by atoms with Crippen LogP contribution in [0.3, 0.4) is 0 Å². The Bertz CT molecular complexity index is 3290. The lowest BCUT2D eigenvalue weighted by Gasteiger charge is -2.16. The third kappa shape index (κ3) is 15.7. The van der Waals surface area contributed by atoms with Crippen LogP contribution in [0, 0.1) is 0 Å². The first-order valence-corrected chi connectivity index (χ1v) is 26.3. The number of aliphatic hydroxyl groups is 2. The minimum atomic E-state index is -4.89. The van der Waals surface area contributed by atoms with Crippen LogP contribution >= 0.6 is 8.25 Å². The van der Waals surface area contributed by atoms with Gasteiger partial charge in [0.15, 0.2) is 11.4 Å². The molecule has 0 fully saturated rings. The van der Waals surface area contributed by atoms with Gasteiger partial charge in [0.05, 0.1) is 48.4 Å². The lowest BCUT2D eigenvalue weighted by atomic mass is 10.1. The second-order valence-corrected chi connectivity index (χ2v) is 18.9. The molecule has 8 rings (SSSR count). The molecule has 0 aliphatic rings. The van der Waals surface area contributed by atoms with Crippen molar-refractivity contribution in [3.8, 4) is 22.5 Å². The van der Waals surface area contributed by atoms with E-state index in [4.69, 9.17) is 19.3 Å². The molecule has 8 aromatic rings. The average molecular weight is 1160 g/mol. The zero-order chi connectivity index (χ0) is 58.4. The van der Waals surface area contributed by atoms with Crippen molar-refractivity contribution in [2.75, 3.05) is 48.6 Å². The van der Waals surface area contributed by atoms with E-state index in [0.717, 1.165) is 0 Å². The van der Waals surface area contributed by atoms with Crippen LogP contribution in [-0.2, 0) is 52.3 Å². The van der Waals surface area contributed by atoms with E-state index in [-0.39, 0.29) is 61.1 Å². The van der Waals surface area contributed by atoms with Crippen molar-refractivity contribution in [3.05, 3.63) is 144 Å². The first-order chi connectivity index (χ1) is 39.4. The van der Waals surface area contributed by atoms with Crippen molar-refractivity contribution in [2.45, 2.75) is 64.3 Å². The number of nitrogens with one attached hydrogen (secondary N) is 6. The molecular formula is C52H53F6N16O7P. The predicted octanol–water partition coefficient (Wildman–Crippen LogP) is 9.18. The fourth-order valence-corrected chi connectivity index (χ4v) is 8.38. The van der Waals surface area contributed by atoms with Crippen molar-refractivity contribution in [1.82, 2.24) is 60.1 Å². The van der Waals surface area contributed by atoms with Crippen LogP contribution in [0.5, 0.6) is 0 Å². The van der Waals surface area contributed by atoms with Gasteiger partial charge in [-0.1, -0.05) is 24.3 Å². The maximum atomic E-state index is 14.3. The number of hydrogen-bond acceptors (Lipinski definition) is 19. The summed E-state index contributed by atoms with van der Waals surface area (Å²) in [6.45, 7) is 0.858. The highest BCUT2D eigenvalue weighted by Crippen LogP contribution is 2.38. The lowest BCUT2D eigenvalue weighted by Crippen LogP contribution is -2.21. The molecule has 2 aromatic carbocycles. The van der Waals surface area contributed by atoms with Crippen LogP contribution in [0.25, 0.3) is 22.5 Å². The molecule has 0 aliphatic heterocycles. The van der Waals surface area contributed by atoms with Gasteiger partial charge >= 0.3 is 20.6 Å². The number of alkyl halides is 6. The van der Waals surface area contributed by atoms with Crippen molar-refractivity contribution < 1.29 is 59.8 Å². The fraction of sp³-hybridized carbons (Fsp3) is 0.269. The lowest BCUT2D eigenvalue weighted by molar-refractivity contribution is -0.138. The number of nitrogens with zero attached hydrogens (tertiary/aromatic N) is 10. The van der Waals surface area contributed by atoms with Crippen LogP contribution < -0.4 is 31.9 Å². The number of rotatable bonds is 26. The smallest absolute Gasteiger partial charge is 0.396 e. The summed E-state index contributed by atoms with van der Waals surface area (Å²) in [6.07, 6.45) is 0.418. The summed E-state index contributed by atoms with van der Waals surface area (Å²) in [7, 11) is -0.348. The molecule has 2 amide bonds. The van der Waals surface area contributed by atoms with Crippen LogP contribution in [0.4, 0.5) is 72.6 Å². The molecule has 0 bridgehead atoms. The monoisotopic (exact) mass is 1160 g/mol. The maximum absolute atomic E-state index is 14.3. The molecule has 0 saturated carbocycles. The van der Waals surface area contributed by atoms with E-state index < -0.39 is 55.2 Å². The first-order valence-electron chi connectivity index (χ1n) is 25.1. The first kappa shape index (κ1) is 59.2. The van der Waals surface area contributed by atoms with E-state index in [1.54, 1.807) is 70.3 Å². The number of amides is 2. The molecule has 0 spiro atoms. The van der Waals surface area contributed by atoms with Crippen LogP contribution in [-0.4, -0.2) is 98.8 Å². The van der Waals surface area contributed by atoms with Crippen molar-refractivity contribution in [2.24, 2.45) is 0 Å². The van der Waals surface area contributed by atoms with Gasteiger partial charge in [-0.25, -0.2) is 19.9 Å². The number of carbonyl (C=O) groups is 2. The second kappa shape index (κ2) is 27.0. The summed E-state index contributed by atoms with van der Waals surface area (Å²) in [5.74, 6) is -3.13. The molecule has 0 saturated heterocycles. The van der Waals surface area contributed by atoms with Gasteiger partial charge in [-0.05, 0) is 85.3 Å². The molecule has 0 aliphatic carbocycles. The van der Waals surface area contributed by atoms with E-state index in [2.05, 4.69) is 72.0 Å². The number of anilines is 8. The third-order valence-electron chi connectivity index (χ3n) is 12.0. The molecule has 8 N–H and O–H groups in total. The van der Waals surface area contributed by atoms with E-state index in [1.165, 1.54) is 50.8 Å². The van der Waals surface area contributed by atoms with E-state index in [0.29, 0.717) is 96.2 Å². The van der Waals surface area contributed by atoms with Crippen molar-refractivity contribution in [1.29, 1.82) is 0 Å². The molecular weight excluding hydrogens is 1110 g/mol. The van der Waals surface area contributed by atoms with Crippen molar-refractivity contribution in [3.63, 3.8) is 0 Å². The van der Waals surface area contributed by atoms with Gasteiger partial charge in [-0.15, -0.1) is 0 Å². The Morgan fingerprint density at radius 1 is 0.549 bits per heavy atom. The molecule has 430 valence electrons. The summed E-state index contributed by atoms with van der Waals surface area (Å²) in [6, 6.07) is 18.5. The second-order valence-electron chi connectivity index (χ2n) is 17.8. The summed E-state index contributed by atoms with van der Waals surface area (Å²) >= 11 is 0. The number of aromatic nitrogens is 10. The minimum Gasteiger partial charge on any atom is -0.396 e. The van der Waals surface area contributed by atoms with E-state index >= 15 is 0 Å². The minimum absolute atomic E-state index is 0.0389. The number of carbonyl (C=O) groups excluding carboxylic acids is 2. The van der Waals surface area contributed by atoms with Gasteiger partial charge in [0.25, 0.3) is 11.8 Å². The van der Waals surface area contributed by atoms with Crippen LogP contribution in [0.1, 0.15) is 68.9 Å². The zero-order valence-electron chi connectivity index (χ0n) is 43.6. The largest absolute Gasteiger partial charge is 0.421 e. The standard InChI is InChI=1S/C52H53F6N16O7P/c1-59-47(77)43-41(17-15-39(67-43)33-23-63-73(27-33)19-3-5-21-75)69-45-37(51(53,54)55)25-61-49(71-45)65-35-11-7-31(8-12-35)29-80-82(79)81-30-32-9-13-36(14-10-32)66-50-62-26-38(52(56,57)58)46(72-50)70-42-18-16-40(68-44(42)48(78)60-2)34-24-64-74(28-34)20-4-6-22-76/h7-18,23-28,75-76,82H,3-6,19-22,29-30H2,1-2H3,(H,59,77)(H,60,78)(H2,61,65,69,71)(H2,62,66,70,72). The molecule has 30 heteroatoms. The fourth-order valence-electron chi connectivity index (χ4n) is 7.73. The number of benzene rings is 2. The summed E-state index contributed by atoms with van der Waals surface area (Å²) in [5.41, 5.74) is 0.655. The van der Waals surface area contributed by atoms with Gasteiger partial charge in [0.2, 0.25) is 11.9 Å². The number of aliphatic hydroxyl groups excluding tert-OH is 2. The van der Waals surface area contributed by atoms with Gasteiger partial charge in [0.1, 0.15) is 22.8 Å². The van der Waals surface area contributed by atoms with E-state index in [9.17, 15) is 40.5 Å². The number of unbranched alkanes of at least 4 members (excludes halogenated alkanes) is 2. The molecule has 23 nitrogen and oxygen atoms in total. The quantitative estimate of drug-likeness (QED) is 0.0142. The normalized spacial score (nSPS) is 11.6. The van der Waals surface area contributed by atoms with Crippen LogP contribution in [0.15, 0.2) is 110 Å². The number of aryl methyl sites for hydroxylation is 2. The number of halogens is 6. The Hall–Kier alpha value is -8.89. The molecule has 0 atom stereocenters. The molecule has 6 heterocycles. The maximum Gasteiger partial charge on any atom is 0.421 e. The Balaban J connectivity index is 0.854. The van der Waals surface area contributed by atoms with Gasteiger partial charge in [-0.2, -0.15) is 46.5 Å². The average Bonchev–Trinajstić information content (AvgIpc) is 4.26. The summed E-state index contributed by atoms with van der Waals surface area (Å²) in [4.78, 5) is 50.7. The molecule has 0 radical (unpaired) electrons. The number of hydrogen-bond donors (Lipinski definition) is 8. The number of pyridine rings is 2. The highest BCUT2D eigenvalue weighted by molar-refractivity contribution is 7.33. The molecule has 6 aromatic heterocycles. The molecule has 82 heavy (non-hydrogen) atoms. The van der Waals surface area contributed by atoms with Gasteiger partial charge < -0.3 is 51.2 Å². The third-order valence-corrected chi connectivity index (χ3v) is 12.7. The summed E-state index contributed by atoms with van der Waals surface area (Å²) in [5, 5.41) is 42.6. The van der Waals surface area contributed by atoms with Gasteiger partial charge in [-0.3, -0.25) is 23.5 Å².